The largest absolute Gasteiger partial charge is 0.481 e. The smallest absolute Gasteiger partial charge is 0.307 e. The van der Waals surface area contributed by atoms with Crippen LogP contribution in [-0.2, 0) is 9.59 Å². The molecule has 0 aromatic rings. The highest BCUT2D eigenvalue weighted by molar-refractivity contribution is 5.70. The van der Waals surface area contributed by atoms with Gasteiger partial charge in [-0.15, -0.1) is 0 Å². The first kappa shape index (κ1) is 27.1. The van der Waals surface area contributed by atoms with Crippen LogP contribution >= 0.6 is 0 Å². The molecule has 186 valence electrons. The van der Waals surface area contributed by atoms with Gasteiger partial charge in [0.05, 0.1) is 11.8 Å². The van der Waals surface area contributed by atoms with Crippen molar-refractivity contribution in [3.05, 3.63) is 0 Å². The molecule has 2 saturated carbocycles. The zero-order valence-electron chi connectivity index (χ0n) is 20.6. The Morgan fingerprint density at radius 2 is 1.00 bits per heavy atom. The maximum atomic E-state index is 11.4. The Kier molecular flexibility index (Phi) is 12.6. The van der Waals surface area contributed by atoms with E-state index in [0.717, 1.165) is 38.8 Å². The van der Waals surface area contributed by atoms with Gasteiger partial charge in [0.25, 0.3) is 0 Å². The summed E-state index contributed by atoms with van der Waals surface area (Å²) in [5, 5.41) is 18.7. The van der Waals surface area contributed by atoms with Crippen molar-refractivity contribution in [2.45, 2.75) is 116 Å². The molecule has 2 aliphatic rings. The SMILES string of the molecule is CC(CN(CCCCCCN(CC(C)C(=O)O)C1CCCCC1)C1CCCCC1)C(=O)O. The molecular weight excluding hydrogens is 404 g/mol. The van der Waals surface area contributed by atoms with Crippen LogP contribution in [0, 0.1) is 11.8 Å². The van der Waals surface area contributed by atoms with Gasteiger partial charge in [0.15, 0.2) is 0 Å². The molecule has 2 N–H and O–H groups in total. The van der Waals surface area contributed by atoms with Crippen LogP contribution in [0.25, 0.3) is 0 Å². The van der Waals surface area contributed by atoms with Crippen molar-refractivity contribution < 1.29 is 19.8 Å². The van der Waals surface area contributed by atoms with Gasteiger partial charge in [-0.3, -0.25) is 19.4 Å². The Morgan fingerprint density at radius 3 is 1.31 bits per heavy atom. The highest BCUT2D eigenvalue weighted by Gasteiger charge is 2.26. The van der Waals surface area contributed by atoms with Crippen molar-refractivity contribution in [3.63, 3.8) is 0 Å². The molecule has 0 aromatic heterocycles. The summed E-state index contributed by atoms with van der Waals surface area (Å²) < 4.78 is 0. The number of rotatable bonds is 15. The first-order chi connectivity index (χ1) is 15.4. The van der Waals surface area contributed by atoms with E-state index in [4.69, 9.17) is 0 Å². The van der Waals surface area contributed by atoms with Gasteiger partial charge in [-0.2, -0.15) is 0 Å². The fourth-order valence-electron chi connectivity index (χ4n) is 5.58. The maximum absolute atomic E-state index is 11.4. The van der Waals surface area contributed by atoms with Crippen LogP contribution in [0.15, 0.2) is 0 Å². The van der Waals surface area contributed by atoms with E-state index in [0.29, 0.717) is 25.2 Å². The van der Waals surface area contributed by atoms with Gasteiger partial charge in [0.1, 0.15) is 0 Å². The number of hydrogen-bond acceptors (Lipinski definition) is 4. The van der Waals surface area contributed by atoms with E-state index in [1.165, 1.54) is 64.2 Å². The average molecular weight is 453 g/mol. The summed E-state index contributed by atoms with van der Waals surface area (Å²) in [4.78, 5) is 27.7. The molecule has 0 heterocycles. The lowest BCUT2D eigenvalue weighted by molar-refractivity contribution is -0.143. The lowest BCUT2D eigenvalue weighted by Crippen LogP contribution is -2.42. The molecule has 2 atom stereocenters. The van der Waals surface area contributed by atoms with Crippen LogP contribution in [-0.4, -0.2) is 70.2 Å². The van der Waals surface area contributed by atoms with E-state index >= 15 is 0 Å². The second kappa shape index (κ2) is 14.9. The van der Waals surface area contributed by atoms with Crippen molar-refractivity contribution in [1.29, 1.82) is 0 Å². The van der Waals surface area contributed by atoms with Crippen LogP contribution in [0.2, 0.25) is 0 Å². The fraction of sp³-hybridized carbons (Fsp3) is 0.923. The molecule has 2 unspecified atom stereocenters. The lowest BCUT2D eigenvalue weighted by Gasteiger charge is -2.36. The Labute approximate surface area is 195 Å². The van der Waals surface area contributed by atoms with Gasteiger partial charge in [0.2, 0.25) is 0 Å². The van der Waals surface area contributed by atoms with E-state index in [9.17, 15) is 19.8 Å². The molecule has 6 nitrogen and oxygen atoms in total. The van der Waals surface area contributed by atoms with Crippen LogP contribution in [0.1, 0.15) is 104 Å². The number of unbranched alkanes of at least 4 members (excludes halogenated alkanes) is 3. The van der Waals surface area contributed by atoms with E-state index in [-0.39, 0.29) is 11.8 Å². The van der Waals surface area contributed by atoms with E-state index in [1.807, 2.05) is 13.8 Å². The standard InChI is InChI=1S/C26H48N2O4/c1-21(25(29)30)19-27(23-13-7-5-8-14-23)17-11-3-4-12-18-28(20-22(2)26(31)32)24-15-9-6-10-16-24/h21-24H,3-20H2,1-2H3,(H,29,30)(H,31,32). The molecule has 0 spiro atoms. The Hall–Kier alpha value is -1.14. The fourth-order valence-corrected chi connectivity index (χ4v) is 5.58. The third kappa shape index (κ3) is 9.78. The zero-order valence-corrected chi connectivity index (χ0v) is 20.6. The Balaban J connectivity index is 1.74. The van der Waals surface area contributed by atoms with Crippen LogP contribution in [0.5, 0.6) is 0 Å². The minimum atomic E-state index is -0.691. The van der Waals surface area contributed by atoms with Crippen LogP contribution < -0.4 is 0 Å². The van der Waals surface area contributed by atoms with Crippen LogP contribution in [0.3, 0.4) is 0 Å². The first-order valence-electron chi connectivity index (χ1n) is 13.3. The van der Waals surface area contributed by atoms with E-state index < -0.39 is 11.9 Å². The molecule has 6 heteroatoms. The summed E-state index contributed by atoms with van der Waals surface area (Å²) in [6.07, 6.45) is 17.1. The van der Waals surface area contributed by atoms with Crippen molar-refractivity contribution in [2.24, 2.45) is 11.8 Å². The number of hydrogen-bond donors (Lipinski definition) is 2. The van der Waals surface area contributed by atoms with Crippen molar-refractivity contribution in [3.8, 4) is 0 Å². The van der Waals surface area contributed by atoms with E-state index in [2.05, 4.69) is 9.80 Å². The third-order valence-corrected chi connectivity index (χ3v) is 7.68. The highest BCUT2D eigenvalue weighted by atomic mass is 16.4. The molecule has 0 bridgehead atoms. The number of aliphatic carboxylic acids is 2. The summed E-state index contributed by atoms with van der Waals surface area (Å²) in [6, 6.07) is 1.12. The number of nitrogens with zero attached hydrogens (tertiary/aromatic N) is 2. The highest BCUT2D eigenvalue weighted by Crippen LogP contribution is 2.25. The zero-order chi connectivity index (χ0) is 23.3. The predicted molar refractivity (Wildman–Crippen MR) is 129 cm³/mol. The molecule has 2 aliphatic carbocycles. The van der Waals surface area contributed by atoms with Gasteiger partial charge < -0.3 is 10.2 Å². The van der Waals surface area contributed by atoms with Crippen molar-refractivity contribution in [1.82, 2.24) is 9.80 Å². The van der Waals surface area contributed by atoms with E-state index in [1.54, 1.807) is 0 Å². The number of carboxylic acids is 2. The molecule has 0 amide bonds. The van der Waals surface area contributed by atoms with Gasteiger partial charge >= 0.3 is 11.9 Å². The third-order valence-electron chi connectivity index (χ3n) is 7.68. The monoisotopic (exact) mass is 452 g/mol. The molecule has 32 heavy (non-hydrogen) atoms. The minimum absolute atomic E-state index is 0.308. The minimum Gasteiger partial charge on any atom is -0.481 e. The van der Waals surface area contributed by atoms with Crippen molar-refractivity contribution in [2.75, 3.05) is 26.2 Å². The average Bonchev–Trinajstić information content (AvgIpc) is 2.80. The number of carbonyl (C=O) groups is 2. The molecule has 0 aromatic carbocycles. The Bertz CT molecular complexity index is 496. The topological polar surface area (TPSA) is 81.1 Å². The molecule has 2 rings (SSSR count). The quantitative estimate of drug-likeness (QED) is 0.330. The summed E-state index contributed by atoms with van der Waals surface area (Å²) in [7, 11) is 0. The van der Waals surface area contributed by atoms with Gasteiger partial charge in [-0.1, -0.05) is 65.2 Å². The summed E-state index contributed by atoms with van der Waals surface area (Å²) >= 11 is 0. The summed E-state index contributed by atoms with van der Waals surface area (Å²) in [5.41, 5.74) is 0. The van der Waals surface area contributed by atoms with Crippen LogP contribution in [0.4, 0.5) is 0 Å². The van der Waals surface area contributed by atoms with Gasteiger partial charge in [-0.25, -0.2) is 0 Å². The predicted octanol–water partition coefficient (Wildman–Crippen LogP) is 5.26. The molecule has 0 radical (unpaired) electrons. The molecular formula is C26H48N2O4. The lowest BCUT2D eigenvalue weighted by atomic mass is 9.93. The first-order valence-corrected chi connectivity index (χ1v) is 13.3. The molecule has 0 saturated heterocycles. The Morgan fingerprint density at radius 1 is 0.656 bits per heavy atom. The van der Waals surface area contributed by atoms with Gasteiger partial charge in [-0.05, 0) is 51.6 Å². The maximum Gasteiger partial charge on any atom is 0.307 e. The summed E-state index contributed by atoms with van der Waals surface area (Å²) in [5.74, 6) is -2.00. The molecule has 2 fully saturated rings. The van der Waals surface area contributed by atoms with Gasteiger partial charge in [0, 0.05) is 25.2 Å². The number of carboxylic acid groups (broad SMARTS) is 2. The summed E-state index contributed by atoms with van der Waals surface area (Å²) in [6.45, 7) is 7.01. The molecule has 0 aliphatic heterocycles. The normalized spacial score (nSPS) is 20.5. The van der Waals surface area contributed by atoms with Crippen molar-refractivity contribution >= 4 is 11.9 Å². The second-order valence-corrected chi connectivity index (χ2v) is 10.5. The second-order valence-electron chi connectivity index (χ2n) is 10.5.